The lowest BCUT2D eigenvalue weighted by Gasteiger charge is -2.12. The molecule has 2 rings (SSSR count). The first-order valence-corrected chi connectivity index (χ1v) is 7.95. The molecule has 19 heavy (non-hydrogen) atoms. The Balaban J connectivity index is 2.22. The monoisotopic (exact) mass is 298 g/mol. The third-order valence-corrected chi connectivity index (χ3v) is 4.95. The van der Waals surface area contributed by atoms with E-state index in [9.17, 15) is 8.42 Å². The van der Waals surface area contributed by atoms with Crippen molar-refractivity contribution in [3.8, 4) is 0 Å². The highest BCUT2D eigenvalue weighted by Gasteiger charge is 2.20. The maximum Gasteiger partial charge on any atom is 0.241 e. The molecule has 0 saturated carbocycles. The van der Waals surface area contributed by atoms with Crippen molar-refractivity contribution in [1.29, 1.82) is 0 Å². The minimum Gasteiger partial charge on any atom is -0.373 e. The second kappa shape index (κ2) is 5.64. The number of thiazole rings is 1. The Morgan fingerprint density at radius 2 is 2.11 bits per heavy atom. The van der Waals surface area contributed by atoms with Gasteiger partial charge in [0.2, 0.25) is 10.0 Å². The fourth-order valence-electron chi connectivity index (χ4n) is 1.51. The minimum atomic E-state index is -3.58. The second-order valence-corrected chi connectivity index (χ2v) is 6.48. The zero-order valence-corrected chi connectivity index (χ0v) is 12.1. The molecule has 0 aliphatic carbocycles. The van der Waals surface area contributed by atoms with Gasteiger partial charge in [0, 0.05) is 30.9 Å². The number of hydrogen-bond donors (Lipinski definition) is 2. The predicted molar refractivity (Wildman–Crippen MR) is 74.6 cm³/mol. The molecule has 0 aromatic carbocycles. The van der Waals surface area contributed by atoms with Crippen LogP contribution in [0.4, 0.5) is 5.82 Å². The van der Waals surface area contributed by atoms with Gasteiger partial charge in [0.05, 0.1) is 10.9 Å². The average molecular weight is 298 g/mol. The van der Waals surface area contributed by atoms with E-state index in [-0.39, 0.29) is 10.9 Å². The van der Waals surface area contributed by atoms with Crippen LogP contribution >= 0.6 is 11.3 Å². The van der Waals surface area contributed by atoms with Crippen LogP contribution in [0.2, 0.25) is 0 Å². The summed E-state index contributed by atoms with van der Waals surface area (Å²) in [4.78, 5) is 8.26. The third-order valence-electron chi connectivity index (χ3n) is 2.45. The SMILES string of the molecule is CNc1cc(S(=O)(=O)NC(C)c2nccs2)ccn1. The maximum absolute atomic E-state index is 12.2. The smallest absolute Gasteiger partial charge is 0.241 e. The summed E-state index contributed by atoms with van der Waals surface area (Å²) in [5.41, 5.74) is 0. The highest BCUT2D eigenvalue weighted by Crippen LogP contribution is 2.19. The first-order valence-electron chi connectivity index (χ1n) is 5.58. The van der Waals surface area contributed by atoms with Gasteiger partial charge in [-0.3, -0.25) is 0 Å². The number of aromatic nitrogens is 2. The molecule has 102 valence electrons. The summed E-state index contributed by atoms with van der Waals surface area (Å²) in [7, 11) is -1.90. The van der Waals surface area contributed by atoms with Crippen molar-refractivity contribution < 1.29 is 8.42 Å². The fourth-order valence-corrected chi connectivity index (χ4v) is 3.45. The lowest BCUT2D eigenvalue weighted by Crippen LogP contribution is -2.26. The Hall–Kier alpha value is -1.51. The molecule has 2 aromatic heterocycles. The van der Waals surface area contributed by atoms with Crippen molar-refractivity contribution in [2.45, 2.75) is 17.9 Å². The molecule has 0 spiro atoms. The van der Waals surface area contributed by atoms with Crippen LogP contribution in [0, 0.1) is 0 Å². The Morgan fingerprint density at radius 1 is 1.32 bits per heavy atom. The van der Waals surface area contributed by atoms with Gasteiger partial charge in [-0.15, -0.1) is 11.3 Å². The number of sulfonamides is 1. The molecule has 2 heterocycles. The van der Waals surface area contributed by atoms with Gasteiger partial charge in [-0.1, -0.05) is 0 Å². The number of anilines is 1. The van der Waals surface area contributed by atoms with Crippen LogP contribution in [0.15, 0.2) is 34.8 Å². The van der Waals surface area contributed by atoms with Gasteiger partial charge < -0.3 is 5.32 Å². The van der Waals surface area contributed by atoms with Crippen molar-refractivity contribution in [3.63, 3.8) is 0 Å². The standard InChI is InChI=1S/C11H14N4O2S2/c1-8(11-14-5-6-18-11)15-19(16,17)9-3-4-13-10(7-9)12-2/h3-8,15H,1-2H3,(H,12,13). The Bertz CT molecular complexity index is 640. The molecule has 0 saturated heterocycles. The van der Waals surface area contributed by atoms with Crippen molar-refractivity contribution in [3.05, 3.63) is 34.9 Å². The van der Waals surface area contributed by atoms with Crippen molar-refractivity contribution >= 4 is 27.2 Å². The Labute approximate surface area is 116 Å². The number of hydrogen-bond acceptors (Lipinski definition) is 6. The van der Waals surface area contributed by atoms with Gasteiger partial charge in [-0.05, 0) is 13.0 Å². The van der Waals surface area contributed by atoms with Gasteiger partial charge in [0.1, 0.15) is 10.8 Å². The Kier molecular flexibility index (Phi) is 4.13. The first kappa shape index (κ1) is 13.9. The molecule has 0 bridgehead atoms. The molecule has 8 heteroatoms. The number of rotatable bonds is 5. The third kappa shape index (κ3) is 3.28. The number of nitrogens with one attached hydrogen (secondary N) is 2. The van der Waals surface area contributed by atoms with Crippen LogP contribution in [0.3, 0.4) is 0 Å². The normalized spacial score (nSPS) is 13.2. The summed E-state index contributed by atoms with van der Waals surface area (Å²) in [5, 5.41) is 5.35. The molecule has 1 unspecified atom stereocenters. The van der Waals surface area contributed by atoms with E-state index in [0.29, 0.717) is 5.82 Å². The van der Waals surface area contributed by atoms with Crippen LogP contribution in [-0.4, -0.2) is 25.4 Å². The minimum absolute atomic E-state index is 0.176. The van der Waals surface area contributed by atoms with Crippen molar-refractivity contribution in [2.24, 2.45) is 0 Å². The zero-order valence-electron chi connectivity index (χ0n) is 10.5. The first-order chi connectivity index (χ1) is 9.03. The number of pyridine rings is 1. The van der Waals surface area contributed by atoms with E-state index in [1.54, 1.807) is 20.2 Å². The molecule has 0 radical (unpaired) electrons. The summed E-state index contributed by atoms with van der Waals surface area (Å²) < 4.78 is 27.0. The van der Waals surface area contributed by atoms with Gasteiger partial charge in [-0.2, -0.15) is 0 Å². The van der Waals surface area contributed by atoms with Gasteiger partial charge in [0.15, 0.2) is 0 Å². The van der Waals surface area contributed by atoms with Crippen LogP contribution in [-0.2, 0) is 10.0 Å². The summed E-state index contributed by atoms with van der Waals surface area (Å²) in [6, 6.07) is 2.57. The molecule has 2 N–H and O–H groups in total. The molecule has 1 atom stereocenters. The largest absolute Gasteiger partial charge is 0.373 e. The van der Waals surface area contributed by atoms with Crippen molar-refractivity contribution in [1.82, 2.24) is 14.7 Å². The summed E-state index contributed by atoms with van der Waals surface area (Å²) in [6.45, 7) is 1.76. The molecule has 2 aromatic rings. The van der Waals surface area contributed by atoms with Gasteiger partial charge in [0.25, 0.3) is 0 Å². The summed E-state index contributed by atoms with van der Waals surface area (Å²) >= 11 is 1.41. The maximum atomic E-state index is 12.2. The van der Waals surface area contributed by atoms with E-state index in [0.717, 1.165) is 5.01 Å². The van der Waals surface area contributed by atoms with E-state index in [1.807, 2.05) is 5.38 Å². The van der Waals surface area contributed by atoms with Gasteiger partial charge in [-0.25, -0.2) is 23.1 Å². The quantitative estimate of drug-likeness (QED) is 0.876. The predicted octanol–water partition coefficient (Wildman–Crippen LogP) is 1.62. The lowest BCUT2D eigenvalue weighted by molar-refractivity contribution is 0.566. The summed E-state index contributed by atoms with van der Waals surface area (Å²) in [5.74, 6) is 0.504. The molecular weight excluding hydrogens is 284 g/mol. The highest BCUT2D eigenvalue weighted by atomic mass is 32.2. The topological polar surface area (TPSA) is 84.0 Å². The van der Waals surface area contributed by atoms with E-state index in [1.165, 1.54) is 29.7 Å². The molecule has 0 amide bonds. The van der Waals surface area contributed by atoms with E-state index in [4.69, 9.17) is 0 Å². The second-order valence-electron chi connectivity index (χ2n) is 3.84. The molecule has 0 aliphatic heterocycles. The van der Waals surface area contributed by atoms with Gasteiger partial charge >= 0.3 is 0 Å². The van der Waals surface area contributed by atoms with E-state index >= 15 is 0 Å². The molecular formula is C11H14N4O2S2. The van der Waals surface area contributed by atoms with E-state index < -0.39 is 10.0 Å². The Morgan fingerprint density at radius 3 is 2.74 bits per heavy atom. The number of nitrogens with zero attached hydrogens (tertiary/aromatic N) is 2. The summed E-state index contributed by atoms with van der Waals surface area (Å²) in [6.07, 6.45) is 3.10. The van der Waals surface area contributed by atoms with Crippen LogP contribution in [0.25, 0.3) is 0 Å². The van der Waals surface area contributed by atoms with Crippen LogP contribution in [0.1, 0.15) is 18.0 Å². The molecule has 0 aliphatic rings. The zero-order chi connectivity index (χ0) is 13.9. The van der Waals surface area contributed by atoms with E-state index in [2.05, 4.69) is 20.0 Å². The van der Waals surface area contributed by atoms with Crippen molar-refractivity contribution in [2.75, 3.05) is 12.4 Å². The average Bonchev–Trinajstić information content (AvgIpc) is 2.92. The lowest BCUT2D eigenvalue weighted by atomic mass is 10.4. The van der Waals surface area contributed by atoms with Crippen LogP contribution in [0.5, 0.6) is 0 Å². The molecule has 6 nitrogen and oxygen atoms in total. The fraction of sp³-hybridized carbons (Fsp3) is 0.273. The highest BCUT2D eigenvalue weighted by molar-refractivity contribution is 7.89. The molecule has 0 fully saturated rings. The van der Waals surface area contributed by atoms with Crippen LogP contribution < -0.4 is 10.0 Å².